The smallest absolute Gasteiger partial charge is 0.251 e. The first kappa shape index (κ1) is 29.6. The van der Waals surface area contributed by atoms with Crippen LogP contribution in [0.25, 0.3) is 11.0 Å². The van der Waals surface area contributed by atoms with E-state index in [0.717, 1.165) is 46.4 Å². The second-order valence-electron chi connectivity index (χ2n) is 10.3. The fraction of sp³-hybridized carbons (Fsp3) is 0.355. The van der Waals surface area contributed by atoms with Gasteiger partial charge in [-0.05, 0) is 56.0 Å². The summed E-state index contributed by atoms with van der Waals surface area (Å²) in [6.45, 7) is 6.80. The third kappa shape index (κ3) is 6.60. The van der Waals surface area contributed by atoms with Crippen molar-refractivity contribution < 1.29 is 14.3 Å². The second-order valence-corrected chi connectivity index (χ2v) is 10.7. The number of halogens is 1. The number of fused-ring (bicyclic) bond motifs is 1. The predicted octanol–water partition coefficient (Wildman–Crippen LogP) is 3.91. The standard InChI is InChI=1S/C31H34BClN6O3/c1-3-27-23(28(37-22-10-12-42-13-11-22)24-18-36-39(4-2)29(24)38-27)17-35-31(41)21-7-5-6-20(15-21)30(40)34-16-19-8-9-26(33)25(32)14-19/h5-9,14-15,18,22H,3-4,10-13,16-17H2,1-2H3,(H,34,40)(H,35,41)(H,37,38). The molecule has 4 aromatic rings. The number of aryl methyl sites for hydroxylation is 2. The molecular formula is C31H34BClN6O3. The molecular weight excluding hydrogens is 551 g/mol. The zero-order valence-corrected chi connectivity index (χ0v) is 24.6. The summed E-state index contributed by atoms with van der Waals surface area (Å²) in [7, 11) is 5.86. The number of carbonyl (C=O) groups is 2. The van der Waals surface area contributed by atoms with E-state index in [2.05, 4.69) is 28.0 Å². The molecule has 0 unspecified atom stereocenters. The predicted molar refractivity (Wildman–Crippen MR) is 166 cm³/mol. The number of pyridine rings is 1. The van der Waals surface area contributed by atoms with Gasteiger partial charge < -0.3 is 20.7 Å². The highest BCUT2D eigenvalue weighted by Crippen LogP contribution is 2.31. The van der Waals surface area contributed by atoms with Crippen molar-refractivity contribution in [1.82, 2.24) is 25.4 Å². The molecule has 11 heteroatoms. The van der Waals surface area contributed by atoms with E-state index in [1.165, 1.54) is 0 Å². The SMILES string of the molecule is [B]c1cc(CNC(=O)c2cccc(C(=O)NCc3c(CC)nc4c(cnn4CC)c3NC3CCOCC3)c2)ccc1Cl. The lowest BCUT2D eigenvalue weighted by atomic mass is 9.94. The molecule has 0 atom stereocenters. The van der Waals surface area contributed by atoms with Crippen LogP contribution in [0.3, 0.4) is 0 Å². The van der Waals surface area contributed by atoms with E-state index in [0.29, 0.717) is 47.8 Å². The van der Waals surface area contributed by atoms with Crippen LogP contribution in [0.1, 0.15) is 64.2 Å². The summed E-state index contributed by atoms with van der Waals surface area (Å²) in [5.41, 5.74) is 5.69. The fourth-order valence-corrected chi connectivity index (χ4v) is 5.28. The van der Waals surface area contributed by atoms with Gasteiger partial charge in [0.25, 0.3) is 11.8 Å². The third-order valence-corrected chi connectivity index (χ3v) is 7.85. The minimum atomic E-state index is -0.294. The highest BCUT2D eigenvalue weighted by molar-refractivity contribution is 6.45. The molecule has 0 spiro atoms. The number of benzene rings is 2. The van der Waals surface area contributed by atoms with Gasteiger partial charge in [-0.15, -0.1) is 0 Å². The van der Waals surface area contributed by atoms with Gasteiger partial charge in [-0.25, -0.2) is 9.67 Å². The van der Waals surface area contributed by atoms with Crippen LogP contribution in [0.2, 0.25) is 5.02 Å². The molecule has 1 aliphatic rings. The molecule has 0 aliphatic carbocycles. The molecule has 42 heavy (non-hydrogen) atoms. The molecule has 3 N–H and O–H groups in total. The maximum Gasteiger partial charge on any atom is 0.251 e. The van der Waals surface area contributed by atoms with Gasteiger partial charge in [-0.3, -0.25) is 9.59 Å². The Morgan fingerprint density at radius 3 is 2.43 bits per heavy atom. The molecule has 1 saturated heterocycles. The van der Waals surface area contributed by atoms with Gasteiger partial charge >= 0.3 is 0 Å². The van der Waals surface area contributed by atoms with Crippen LogP contribution >= 0.6 is 11.6 Å². The second kappa shape index (κ2) is 13.4. The molecule has 2 amide bonds. The summed E-state index contributed by atoms with van der Waals surface area (Å²) in [6, 6.07) is 12.1. The fourth-order valence-electron chi connectivity index (χ4n) is 5.16. The lowest BCUT2D eigenvalue weighted by Gasteiger charge is -2.26. The van der Waals surface area contributed by atoms with Crippen LogP contribution < -0.4 is 21.4 Å². The average molecular weight is 585 g/mol. The van der Waals surface area contributed by atoms with Crippen LogP contribution in [-0.4, -0.2) is 53.7 Å². The maximum atomic E-state index is 13.3. The lowest BCUT2D eigenvalue weighted by Crippen LogP contribution is -2.30. The molecule has 1 fully saturated rings. The van der Waals surface area contributed by atoms with E-state index < -0.39 is 0 Å². The van der Waals surface area contributed by atoms with Gasteiger partial charge in [0.1, 0.15) is 7.85 Å². The van der Waals surface area contributed by atoms with E-state index >= 15 is 0 Å². The maximum absolute atomic E-state index is 13.3. The van der Waals surface area contributed by atoms with Crippen molar-refractivity contribution in [2.24, 2.45) is 0 Å². The monoisotopic (exact) mass is 584 g/mol. The van der Waals surface area contributed by atoms with Crippen molar-refractivity contribution in [2.45, 2.75) is 58.8 Å². The van der Waals surface area contributed by atoms with Crippen LogP contribution in [0.5, 0.6) is 0 Å². The number of ether oxygens (including phenoxy) is 1. The first-order chi connectivity index (χ1) is 20.4. The van der Waals surface area contributed by atoms with E-state index in [1.54, 1.807) is 42.5 Å². The zero-order chi connectivity index (χ0) is 29.6. The minimum absolute atomic E-state index is 0.257. The average Bonchev–Trinajstić information content (AvgIpc) is 3.44. The molecule has 216 valence electrons. The van der Waals surface area contributed by atoms with Gasteiger partial charge in [0.05, 0.1) is 17.3 Å². The number of anilines is 1. The molecule has 0 saturated carbocycles. The van der Waals surface area contributed by atoms with Gasteiger partial charge in [0.15, 0.2) is 5.65 Å². The number of nitrogens with zero attached hydrogens (tertiary/aromatic N) is 3. The summed E-state index contributed by atoms with van der Waals surface area (Å²) in [5, 5.41) is 15.6. The van der Waals surface area contributed by atoms with Crippen molar-refractivity contribution in [2.75, 3.05) is 18.5 Å². The molecule has 2 aromatic heterocycles. The van der Waals surface area contributed by atoms with E-state index in [4.69, 9.17) is 29.2 Å². The van der Waals surface area contributed by atoms with E-state index in [-0.39, 0.29) is 30.9 Å². The number of aromatic nitrogens is 3. The van der Waals surface area contributed by atoms with Gasteiger partial charge in [0, 0.05) is 66.3 Å². The molecule has 0 bridgehead atoms. The summed E-state index contributed by atoms with van der Waals surface area (Å²) in [6.07, 6.45) is 4.35. The number of hydrogen-bond donors (Lipinski definition) is 3. The molecule has 5 rings (SSSR count). The first-order valence-electron chi connectivity index (χ1n) is 14.3. The Balaban J connectivity index is 1.33. The number of hydrogen-bond acceptors (Lipinski definition) is 6. The molecule has 2 radical (unpaired) electrons. The summed E-state index contributed by atoms with van der Waals surface area (Å²) in [5.74, 6) is -0.574. The molecule has 3 heterocycles. The lowest BCUT2D eigenvalue weighted by molar-refractivity contribution is 0.0904. The molecule has 2 aromatic carbocycles. The topological polar surface area (TPSA) is 110 Å². The van der Waals surface area contributed by atoms with Crippen molar-refractivity contribution in [3.63, 3.8) is 0 Å². The quantitative estimate of drug-likeness (QED) is 0.244. The number of carbonyl (C=O) groups excluding carboxylic acids is 2. The highest BCUT2D eigenvalue weighted by Gasteiger charge is 2.22. The van der Waals surface area contributed by atoms with Gasteiger partial charge in [-0.1, -0.05) is 42.2 Å². The Morgan fingerprint density at radius 2 is 1.76 bits per heavy atom. The van der Waals surface area contributed by atoms with Crippen molar-refractivity contribution in [1.29, 1.82) is 0 Å². The summed E-state index contributed by atoms with van der Waals surface area (Å²) < 4.78 is 7.45. The zero-order valence-electron chi connectivity index (χ0n) is 23.9. The Hall–Kier alpha value is -3.89. The van der Waals surface area contributed by atoms with Gasteiger partial charge in [0.2, 0.25) is 0 Å². The van der Waals surface area contributed by atoms with E-state index in [1.807, 2.05) is 17.8 Å². The normalized spacial score (nSPS) is 13.7. The van der Waals surface area contributed by atoms with Crippen LogP contribution in [0.4, 0.5) is 5.69 Å². The molecule has 9 nitrogen and oxygen atoms in total. The Labute approximate surface area is 251 Å². The Bertz CT molecular complexity index is 1600. The number of rotatable bonds is 10. The minimum Gasteiger partial charge on any atom is -0.381 e. The summed E-state index contributed by atoms with van der Waals surface area (Å²) in [4.78, 5) is 31.1. The van der Waals surface area contributed by atoms with Crippen LogP contribution in [-0.2, 0) is 30.8 Å². The molecule has 1 aliphatic heterocycles. The number of amides is 2. The Kier molecular flexibility index (Phi) is 9.44. The highest BCUT2D eigenvalue weighted by atomic mass is 35.5. The largest absolute Gasteiger partial charge is 0.381 e. The number of nitrogens with one attached hydrogen (secondary N) is 3. The van der Waals surface area contributed by atoms with Crippen molar-refractivity contribution in [3.05, 3.63) is 81.6 Å². The van der Waals surface area contributed by atoms with Crippen LogP contribution in [0.15, 0.2) is 48.7 Å². The summed E-state index contributed by atoms with van der Waals surface area (Å²) >= 11 is 5.99. The van der Waals surface area contributed by atoms with Gasteiger partial charge in [-0.2, -0.15) is 5.10 Å². The van der Waals surface area contributed by atoms with Crippen molar-refractivity contribution in [3.8, 4) is 0 Å². The van der Waals surface area contributed by atoms with Crippen molar-refractivity contribution >= 4 is 53.4 Å². The van der Waals surface area contributed by atoms with E-state index in [9.17, 15) is 9.59 Å². The third-order valence-electron chi connectivity index (χ3n) is 7.50. The Morgan fingerprint density at radius 1 is 1.05 bits per heavy atom. The first-order valence-corrected chi connectivity index (χ1v) is 14.7. The van der Waals surface area contributed by atoms with Crippen LogP contribution in [0, 0.1) is 0 Å².